The van der Waals surface area contributed by atoms with Gasteiger partial charge < -0.3 is 10.2 Å². The lowest BCUT2D eigenvalue weighted by atomic mass is 10.1. The predicted octanol–water partition coefficient (Wildman–Crippen LogP) is -0.195. The molecule has 1 unspecified atom stereocenters. The standard InChI is InChI=1S/C10H11N3O5S2/c1-10(16,9(14)15)5-11-20(17,18)7-4-2-3-6-8(7)13-19-12-6/h2-4,11,16H,5H2,1H3,(H,14,15). The Kier molecular flexibility index (Phi) is 3.73. The van der Waals surface area contributed by atoms with Gasteiger partial charge in [-0.25, -0.2) is 17.9 Å². The number of rotatable bonds is 5. The van der Waals surface area contributed by atoms with E-state index in [9.17, 15) is 18.3 Å². The summed E-state index contributed by atoms with van der Waals surface area (Å²) >= 11 is 0.876. The van der Waals surface area contributed by atoms with Crippen molar-refractivity contribution in [2.45, 2.75) is 17.4 Å². The summed E-state index contributed by atoms with van der Waals surface area (Å²) in [5.74, 6) is -1.52. The molecule has 0 radical (unpaired) electrons. The third-order valence-corrected chi connectivity index (χ3v) is 4.58. The molecule has 1 aromatic carbocycles. The van der Waals surface area contributed by atoms with E-state index in [1.165, 1.54) is 12.1 Å². The molecule has 0 aliphatic carbocycles. The summed E-state index contributed by atoms with van der Waals surface area (Å²) in [6.45, 7) is 0.349. The van der Waals surface area contributed by atoms with Crippen molar-refractivity contribution in [2.24, 2.45) is 0 Å². The van der Waals surface area contributed by atoms with Crippen molar-refractivity contribution in [1.82, 2.24) is 13.5 Å². The Morgan fingerprint density at radius 1 is 1.45 bits per heavy atom. The number of hydrogen-bond acceptors (Lipinski definition) is 7. The van der Waals surface area contributed by atoms with Gasteiger partial charge in [0.2, 0.25) is 10.0 Å². The molecule has 8 nitrogen and oxygen atoms in total. The molecule has 0 fully saturated rings. The SMILES string of the molecule is CC(O)(CNS(=O)(=O)c1cccc2nsnc12)C(=O)O. The van der Waals surface area contributed by atoms with Crippen LogP contribution in [0.5, 0.6) is 0 Å². The first-order chi connectivity index (χ1) is 9.24. The van der Waals surface area contributed by atoms with Crippen molar-refractivity contribution >= 4 is 38.8 Å². The lowest BCUT2D eigenvalue weighted by Crippen LogP contribution is -2.46. The summed E-state index contributed by atoms with van der Waals surface area (Å²) < 4.78 is 34.1. The van der Waals surface area contributed by atoms with E-state index in [1.54, 1.807) is 6.07 Å². The Hall–Kier alpha value is -1.62. The number of carboxylic acids is 1. The van der Waals surface area contributed by atoms with Crippen LogP contribution in [0.3, 0.4) is 0 Å². The fourth-order valence-corrected chi connectivity index (χ4v) is 3.28. The van der Waals surface area contributed by atoms with E-state index >= 15 is 0 Å². The second kappa shape index (κ2) is 5.05. The van der Waals surface area contributed by atoms with Gasteiger partial charge >= 0.3 is 5.97 Å². The third kappa shape index (κ3) is 2.77. The van der Waals surface area contributed by atoms with Crippen molar-refractivity contribution in [2.75, 3.05) is 6.54 Å². The molecule has 10 heteroatoms. The van der Waals surface area contributed by atoms with Gasteiger partial charge in [-0.2, -0.15) is 8.75 Å². The Labute approximate surface area is 118 Å². The molecule has 2 rings (SSSR count). The van der Waals surface area contributed by atoms with Crippen molar-refractivity contribution in [1.29, 1.82) is 0 Å². The number of carboxylic acid groups (broad SMARTS) is 1. The highest BCUT2D eigenvalue weighted by Gasteiger charge is 2.32. The van der Waals surface area contributed by atoms with Crippen LogP contribution in [0.1, 0.15) is 6.92 Å². The molecule has 0 saturated heterocycles. The molecule has 3 N–H and O–H groups in total. The molecule has 0 aliphatic heterocycles. The van der Waals surface area contributed by atoms with Gasteiger partial charge in [0, 0.05) is 0 Å². The van der Waals surface area contributed by atoms with E-state index in [4.69, 9.17) is 5.11 Å². The summed E-state index contributed by atoms with van der Waals surface area (Å²) in [6.07, 6.45) is 0. The van der Waals surface area contributed by atoms with Crippen molar-refractivity contribution < 1.29 is 23.4 Å². The number of hydrogen-bond donors (Lipinski definition) is 3. The maximum Gasteiger partial charge on any atom is 0.336 e. The highest BCUT2D eigenvalue weighted by molar-refractivity contribution is 7.89. The van der Waals surface area contributed by atoms with Gasteiger partial charge in [-0.05, 0) is 19.1 Å². The number of carbonyl (C=O) groups is 1. The van der Waals surface area contributed by atoms with Gasteiger partial charge in [0.1, 0.15) is 15.9 Å². The molecule has 0 spiro atoms. The topological polar surface area (TPSA) is 129 Å². The second-order valence-electron chi connectivity index (χ2n) is 4.29. The molecular weight excluding hydrogens is 306 g/mol. The van der Waals surface area contributed by atoms with E-state index in [-0.39, 0.29) is 10.4 Å². The van der Waals surface area contributed by atoms with E-state index < -0.39 is 28.1 Å². The maximum absolute atomic E-state index is 12.1. The van der Waals surface area contributed by atoms with Crippen LogP contribution in [0.2, 0.25) is 0 Å². The average molecular weight is 317 g/mol. The van der Waals surface area contributed by atoms with Crippen LogP contribution in [0.25, 0.3) is 11.0 Å². The quantitative estimate of drug-likeness (QED) is 0.696. The van der Waals surface area contributed by atoms with Crippen LogP contribution < -0.4 is 4.72 Å². The highest BCUT2D eigenvalue weighted by Crippen LogP contribution is 2.21. The van der Waals surface area contributed by atoms with Crippen LogP contribution in [-0.4, -0.2) is 45.5 Å². The summed E-state index contributed by atoms with van der Waals surface area (Å²) in [4.78, 5) is 10.6. The van der Waals surface area contributed by atoms with E-state index in [1.807, 2.05) is 0 Å². The van der Waals surface area contributed by atoms with Crippen LogP contribution in [0.15, 0.2) is 23.1 Å². The summed E-state index contributed by atoms with van der Waals surface area (Å²) in [6, 6.07) is 4.46. The molecule has 1 atom stereocenters. The molecule has 0 aliphatic rings. The van der Waals surface area contributed by atoms with Crippen LogP contribution >= 0.6 is 11.7 Å². The Morgan fingerprint density at radius 3 is 2.80 bits per heavy atom. The predicted molar refractivity (Wildman–Crippen MR) is 70.9 cm³/mol. The van der Waals surface area contributed by atoms with Gasteiger partial charge in [-0.3, -0.25) is 0 Å². The number of nitrogens with one attached hydrogen (secondary N) is 1. The largest absolute Gasteiger partial charge is 0.479 e. The maximum atomic E-state index is 12.1. The van der Waals surface area contributed by atoms with Crippen molar-refractivity contribution in [3.05, 3.63) is 18.2 Å². The van der Waals surface area contributed by atoms with Gasteiger partial charge in [0.05, 0.1) is 18.3 Å². The van der Waals surface area contributed by atoms with Gasteiger partial charge in [0.25, 0.3) is 0 Å². The van der Waals surface area contributed by atoms with Crippen molar-refractivity contribution in [3.8, 4) is 0 Å². The molecule has 0 amide bonds. The average Bonchev–Trinajstić information content (AvgIpc) is 2.84. The zero-order chi connectivity index (χ0) is 15.0. The van der Waals surface area contributed by atoms with E-state index in [2.05, 4.69) is 13.5 Å². The Bertz CT molecular complexity index is 753. The molecule has 1 aromatic heterocycles. The number of benzene rings is 1. The van der Waals surface area contributed by atoms with Crippen molar-refractivity contribution in [3.63, 3.8) is 0 Å². The summed E-state index contributed by atoms with van der Waals surface area (Å²) in [5, 5.41) is 18.3. The molecule has 0 saturated carbocycles. The third-order valence-electron chi connectivity index (χ3n) is 2.61. The molecule has 0 bridgehead atoms. The number of nitrogens with zero attached hydrogens (tertiary/aromatic N) is 2. The molecule has 20 heavy (non-hydrogen) atoms. The lowest BCUT2D eigenvalue weighted by molar-refractivity contribution is -0.155. The molecule has 108 valence electrons. The van der Waals surface area contributed by atoms with Crippen LogP contribution in [0.4, 0.5) is 0 Å². The van der Waals surface area contributed by atoms with Gasteiger partial charge in [0.15, 0.2) is 5.60 Å². The first-order valence-corrected chi connectivity index (χ1v) is 7.62. The summed E-state index contributed by atoms with van der Waals surface area (Å²) in [7, 11) is -3.99. The minimum atomic E-state index is -3.99. The number of aromatic nitrogens is 2. The number of fused-ring (bicyclic) bond motifs is 1. The smallest absolute Gasteiger partial charge is 0.336 e. The van der Waals surface area contributed by atoms with Gasteiger partial charge in [-0.1, -0.05) is 6.07 Å². The number of aliphatic hydroxyl groups is 1. The van der Waals surface area contributed by atoms with Crippen LogP contribution in [-0.2, 0) is 14.8 Å². The summed E-state index contributed by atoms with van der Waals surface area (Å²) in [5.41, 5.74) is -1.55. The minimum Gasteiger partial charge on any atom is -0.479 e. The lowest BCUT2D eigenvalue weighted by Gasteiger charge is -2.18. The monoisotopic (exact) mass is 317 g/mol. The van der Waals surface area contributed by atoms with Crippen LogP contribution in [0, 0.1) is 0 Å². The van der Waals surface area contributed by atoms with E-state index in [0.717, 1.165) is 18.7 Å². The normalized spacial score (nSPS) is 15.1. The Balaban J connectivity index is 2.32. The minimum absolute atomic E-state index is 0.107. The Morgan fingerprint density at radius 2 is 2.15 bits per heavy atom. The number of aliphatic carboxylic acids is 1. The van der Waals surface area contributed by atoms with Gasteiger partial charge in [-0.15, -0.1) is 0 Å². The fourth-order valence-electron chi connectivity index (χ4n) is 1.39. The van der Waals surface area contributed by atoms with E-state index in [0.29, 0.717) is 5.52 Å². The molecular formula is C10H11N3O5S2. The first-order valence-electron chi connectivity index (χ1n) is 5.41. The highest BCUT2D eigenvalue weighted by atomic mass is 32.2. The first kappa shape index (κ1) is 14.8. The second-order valence-corrected chi connectivity index (χ2v) is 6.56. The fraction of sp³-hybridized carbons (Fsp3) is 0.300. The molecule has 1 heterocycles. The molecule has 2 aromatic rings. The zero-order valence-electron chi connectivity index (χ0n) is 10.3. The number of sulfonamides is 1. The zero-order valence-corrected chi connectivity index (χ0v) is 11.9.